The molecule has 0 amide bonds. The molecule has 16 heavy (non-hydrogen) atoms. The molecule has 0 aromatic heterocycles. The number of rotatable bonds is 7. The fraction of sp³-hybridized carbons (Fsp3) is 0.571. The van der Waals surface area contributed by atoms with Gasteiger partial charge < -0.3 is 4.74 Å². The molecular formula is C14H21BrO. The quantitative estimate of drug-likeness (QED) is 0.544. The summed E-state index contributed by atoms with van der Waals surface area (Å²) in [5.74, 6) is 0.720. The first-order valence-electron chi connectivity index (χ1n) is 5.86. The van der Waals surface area contributed by atoms with E-state index in [0.29, 0.717) is 0 Å². The lowest BCUT2D eigenvalue weighted by molar-refractivity contribution is 0.188. The zero-order valence-corrected chi connectivity index (χ0v) is 11.8. The summed E-state index contributed by atoms with van der Waals surface area (Å²) in [4.78, 5) is 0. The largest absolute Gasteiger partial charge is 0.385 e. The maximum atomic E-state index is 5.09. The number of alkyl halides is 1. The SMILES string of the molecule is COCCCC(CBr)Cc1ccc(C)cc1. The first kappa shape index (κ1) is 13.7. The maximum Gasteiger partial charge on any atom is 0.0462 e. The second-order valence-corrected chi connectivity index (χ2v) is 4.99. The molecule has 1 unspecified atom stereocenters. The standard InChI is InChI=1S/C14H21BrO/c1-12-5-7-13(8-6-12)10-14(11-15)4-3-9-16-2/h5-8,14H,3-4,9-11H2,1-2H3. The van der Waals surface area contributed by atoms with E-state index in [0.717, 1.165) is 30.7 Å². The van der Waals surface area contributed by atoms with Crippen LogP contribution in [-0.2, 0) is 11.2 Å². The number of methoxy groups -OCH3 is 1. The van der Waals surface area contributed by atoms with E-state index in [1.54, 1.807) is 7.11 Å². The van der Waals surface area contributed by atoms with Crippen molar-refractivity contribution in [3.63, 3.8) is 0 Å². The van der Waals surface area contributed by atoms with Gasteiger partial charge in [-0.25, -0.2) is 0 Å². The van der Waals surface area contributed by atoms with Crippen LogP contribution in [0.25, 0.3) is 0 Å². The topological polar surface area (TPSA) is 9.23 Å². The van der Waals surface area contributed by atoms with Crippen LogP contribution in [0, 0.1) is 12.8 Å². The Morgan fingerprint density at radius 3 is 2.50 bits per heavy atom. The molecule has 1 aromatic rings. The molecule has 0 saturated heterocycles. The van der Waals surface area contributed by atoms with Crippen LogP contribution in [0.2, 0.25) is 0 Å². The zero-order valence-electron chi connectivity index (χ0n) is 10.2. The molecule has 1 aromatic carbocycles. The van der Waals surface area contributed by atoms with Gasteiger partial charge in [-0.1, -0.05) is 45.8 Å². The van der Waals surface area contributed by atoms with Crippen molar-refractivity contribution in [2.75, 3.05) is 19.0 Å². The summed E-state index contributed by atoms with van der Waals surface area (Å²) >= 11 is 3.60. The number of aryl methyl sites for hydroxylation is 1. The molecule has 2 heteroatoms. The third kappa shape index (κ3) is 5.13. The van der Waals surface area contributed by atoms with Gasteiger partial charge in [0.2, 0.25) is 0 Å². The maximum absolute atomic E-state index is 5.09. The van der Waals surface area contributed by atoms with E-state index in [1.165, 1.54) is 17.5 Å². The van der Waals surface area contributed by atoms with E-state index >= 15 is 0 Å². The van der Waals surface area contributed by atoms with Crippen molar-refractivity contribution in [3.8, 4) is 0 Å². The Balaban J connectivity index is 2.40. The first-order chi connectivity index (χ1) is 7.76. The van der Waals surface area contributed by atoms with Crippen LogP contribution in [0.15, 0.2) is 24.3 Å². The van der Waals surface area contributed by atoms with Crippen LogP contribution in [0.5, 0.6) is 0 Å². The third-order valence-electron chi connectivity index (χ3n) is 2.82. The van der Waals surface area contributed by atoms with Gasteiger partial charge in [-0.15, -0.1) is 0 Å². The van der Waals surface area contributed by atoms with Crippen molar-refractivity contribution in [2.24, 2.45) is 5.92 Å². The predicted octanol–water partition coefficient (Wildman–Crippen LogP) is 3.98. The summed E-state index contributed by atoms with van der Waals surface area (Å²) in [7, 11) is 1.77. The smallest absolute Gasteiger partial charge is 0.0462 e. The van der Waals surface area contributed by atoms with Crippen LogP contribution in [0.3, 0.4) is 0 Å². The molecule has 0 N–H and O–H groups in total. The molecule has 0 aliphatic heterocycles. The highest BCUT2D eigenvalue weighted by molar-refractivity contribution is 9.09. The van der Waals surface area contributed by atoms with Gasteiger partial charge in [0.25, 0.3) is 0 Å². The fourth-order valence-electron chi connectivity index (χ4n) is 1.81. The van der Waals surface area contributed by atoms with E-state index in [1.807, 2.05) is 0 Å². The van der Waals surface area contributed by atoms with E-state index < -0.39 is 0 Å². The molecule has 1 rings (SSSR count). The predicted molar refractivity (Wildman–Crippen MR) is 73.3 cm³/mol. The number of halogens is 1. The fourth-order valence-corrected chi connectivity index (χ4v) is 2.36. The Morgan fingerprint density at radius 1 is 1.25 bits per heavy atom. The van der Waals surface area contributed by atoms with Gasteiger partial charge in [-0.3, -0.25) is 0 Å². The Kier molecular flexibility index (Phi) is 6.74. The lowest BCUT2D eigenvalue weighted by Gasteiger charge is -2.13. The molecule has 1 atom stereocenters. The van der Waals surface area contributed by atoms with E-state index in [2.05, 4.69) is 47.1 Å². The van der Waals surface area contributed by atoms with Crippen LogP contribution >= 0.6 is 15.9 Å². The monoisotopic (exact) mass is 284 g/mol. The lowest BCUT2D eigenvalue weighted by atomic mass is 9.96. The molecule has 0 aliphatic rings. The highest BCUT2D eigenvalue weighted by atomic mass is 79.9. The minimum absolute atomic E-state index is 0.720. The highest BCUT2D eigenvalue weighted by Gasteiger charge is 2.07. The van der Waals surface area contributed by atoms with Crippen molar-refractivity contribution in [3.05, 3.63) is 35.4 Å². The lowest BCUT2D eigenvalue weighted by Crippen LogP contribution is -2.07. The van der Waals surface area contributed by atoms with Crippen LogP contribution < -0.4 is 0 Å². The molecule has 0 bridgehead atoms. The van der Waals surface area contributed by atoms with Crippen LogP contribution in [0.4, 0.5) is 0 Å². The minimum Gasteiger partial charge on any atom is -0.385 e. The summed E-state index contributed by atoms with van der Waals surface area (Å²) in [5.41, 5.74) is 2.77. The average Bonchev–Trinajstić information content (AvgIpc) is 2.31. The molecule has 0 fully saturated rings. The van der Waals surface area contributed by atoms with E-state index in [-0.39, 0.29) is 0 Å². The van der Waals surface area contributed by atoms with Gasteiger partial charge in [0.05, 0.1) is 0 Å². The normalized spacial score (nSPS) is 12.7. The number of hydrogen-bond donors (Lipinski definition) is 0. The Bertz CT molecular complexity index is 281. The van der Waals surface area contributed by atoms with Crippen molar-refractivity contribution < 1.29 is 4.74 Å². The average molecular weight is 285 g/mol. The molecular weight excluding hydrogens is 264 g/mol. The van der Waals surface area contributed by atoms with Gasteiger partial charge in [-0.05, 0) is 37.7 Å². The number of ether oxygens (including phenoxy) is 1. The van der Waals surface area contributed by atoms with E-state index in [9.17, 15) is 0 Å². The highest BCUT2D eigenvalue weighted by Crippen LogP contribution is 2.17. The zero-order chi connectivity index (χ0) is 11.8. The van der Waals surface area contributed by atoms with E-state index in [4.69, 9.17) is 4.74 Å². The Morgan fingerprint density at radius 2 is 1.94 bits per heavy atom. The van der Waals surface area contributed by atoms with Gasteiger partial charge in [-0.2, -0.15) is 0 Å². The molecule has 0 spiro atoms. The second-order valence-electron chi connectivity index (χ2n) is 4.35. The van der Waals surface area contributed by atoms with Gasteiger partial charge >= 0.3 is 0 Å². The van der Waals surface area contributed by atoms with Gasteiger partial charge in [0.15, 0.2) is 0 Å². The van der Waals surface area contributed by atoms with Gasteiger partial charge in [0, 0.05) is 19.0 Å². The summed E-state index contributed by atoms with van der Waals surface area (Å²) in [6.07, 6.45) is 3.54. The second kappa shape index (κ2) is 7.86. The number of benzene rings is 1. The minimum atomic E-state index is 0.720. The summed E-state index contributed by atoms with van der Waals surface area (Å²) in [6, 6.07) is 8.86. The summed E-state index contributed by atoms with van der Waals surface area (Å²) in [6.45, 7) is 3.00. The van der Waals surface area contributed by atoms with Crippen LogP contribution in [-0.4, -0.2) is 19.0 Å². The third-order valence-corrected chi connectivity index (χ3v) is 3.74. The number of hydrogen-bond acceptors (Lipinski definition) is 1. The van der Waals surface area contributed by atoms with Crippen molar-refractivity contribution >= 4 is 15.9 Å². The Hall–Kier alpha value is -0.340. The summed E-state index contributed by atoms with van der Waals surface area (Å²) in [5, 5.41) is 1.07. The molecule has 90 valence electrons. The summed E-state index contributed by atoms with van der Waals surface area (Å²) < 4.78 is 5.09. The van der Waals surface area contributed by atoms with Crippen LogP contribution in [0.1, 0.15) is 24.0 Å². The molecule has 0 radical (unpaired) electrons. The molecule has 0 heterocycles. The molecule has 1 nitrogen and oxygen atoms in total. The first-order valence-corrected chi connectivity index (χ1v) is 6.99. The van der Waals surface area contributed by atoms with Gasteiger partial charge in [0.1, 0.15) is 0 Å². The Labute approximate surface area is 107 Å². The molecule has 0 saturated carbocycles. The van der Waals surface area contributed by atoms with Crippen molar-refractivity contribution in [2.45, 2.75) is 26.2 Å². The van der Waals surface area contributed by atoms with Crippen molar-refractivity contribution in [1.29, 1.82) is 0 Å². The van der Waals surface area contributed by atoms with Crippen molar-refractivity contribution in [1.82, 2.24) is 0 Å². The molecule has 0 aliphatic carbocycles.